The summed E-state index contributed by atoms with van der Waals surface area (Å²) in [5, 5.41) is 7.89. The average Bonchev–Trinajstić information content (AvgIpc) is 3.31. The summed E-state index contributed by atoms with van der Waals surface area (Å²) >= 11 is 1.83. The molecule has 0 bridgehead atoms. The molecule has 1 aromatic heterocycles. The molecule has 2 heterocycles. The number of hydrogen-bond acceptors (Lipinski definition) is 6. The van der Waals surface area contributed by atoms with Crippen LogP contribution in [0.2, 0.25) is 0 Å². The number of ether oxygens (including phenoxy) is 2. The van der Waals surface area contributed by atoms with Gasteiger partial charge in [0.05, 0.1) is 7.11 Å². The summed E-state index contributed by atoms with van der Waals surface area (Å²) in [6, 6.07) is 16.1. The molecular formula is C25H27N3O4S. The smallest absolute Gasteiger partial charge is 0.262 e. The zero-order valence-electron chi connectivity index (χ0n) is 18.5. The molecule has 0 unspecified atom stereocenters. The second-order valence-electron chi connectivity index (χ2n) is 7.74. The molecule has 0 spiro atoms. The van der Waals surface area contributed by atoms with Crippen molar-refractivity contribution < 1.29 is 19.1 Å². The van der Waals surface area contributed by atoms with E-state index in [-0.39, 0.29) is 18.4 Å². The van der Waals surface area contributed by atoms with Gasteiger partial charge in [0.25, 0.3) is 11.8 Å². The molecule has 0 fully saturated rings. The summed E-state index contributed by atoms with van der Waals surface area (Å²) in [6.07, 6.45) is 1.08. The Bertz CT molecular complexity index is 1100. The summed E-state index contributed by atoms with van der Waals surface area (Å²) < 4.78 is 10.7. The molecule has 172 valence electrons. The van der Waals surface area contributed by atoms with Crippen LogP contribution in [0.1, 0.15) is 20.8 Å². The van der Waals surface area contributed by atoms with Gasteiger partial charge in [-0.3, -0.25) is 14.5 Å². The van der Waals surface area contributed by atoms with Crippen LogP contribution in [-0.4, -0.2) is 50.1 Å². The van der Waals surface area contributed by atoms with Crippen LogP contribution >= 0.6 is 11.3 Å². The average molecular weight is 466 g/mol. The van der Waals surface area contributed by atoms with Crippen LogP contribution in [0.15, 0.2) is 60.0 Å². The number of anilines is 1. The number of nitrogens with zero attached hydrogens (tertiary/aromatic N) is 1. The van der Waals surface area contributed by atoms with Crippen molar-refractivity contribution in [3.63, 3.8) is 0 Å². The number of carbonyl (C=O) groups excluding carboxylic acids is 2. The number of nitrogens with one attached hydrogen (secondary N) is 2. The molecule has 0 aliphatic carbocycles. The first-order chi connectivity index (χ1) is 16.1. The maximum atomic E-state index is 12.4. The fraction of sp³-hybridized carbons (Fsp3) is 0.280. The SMILES string of the molecule is COc1cccc(NC(=O)COc2ccc(C(=O)NCCN3CCc4sccc4C3)cc2)c1. The fourth-order valence-electron chi connectivity index (χ4n) is 3.68. The number of benzene rings is 2. The van der Waals surface area contributed by atoms with Crippen LogP contribution in [0.5, 0.6) is 11.5 Å². The molecule has 4 rings (SSSR count). The van der Waals surface area contributed by atoms with Crippen LogP contribution < -0.4 is 20.1 Å². The normalized spacial score (nSPS) is 13.1. The number of fused-ring (bicyclic) bond motifs is 1. The molecule has 2 aromatic carbocycles. The lowest BCUT2D eigenvalue weighted by molar-refractivity contribution is -0.118. The van der Waals surface area contributed by atoms with E-state index in [0.717, 1.165) is 26.1 Å². The van der Waals surface area contributed by atoms with Gasteiger partial charge in [0.15, 0.2) is 6.61 Å². The number of thiophene rings is 1. The molecule has 1 aliphatic heterocycles. The fourth-order valence-corrected chi connectivity index (χ4v) is 4.57. The Morgan fingerprint density at radius 2 is 1.94 bits per heavy atom. The van der Waals surface area contributed by atoms with Gasteiger partial charge in [-0.2, -0.15) is 0 Å². The molecule has 0 saturated carbocycles. The maximum absolute atomic E-state index is 12.4. The van der Waals surface area contributed by atoms with E-state index in [1.807, 2.05) is 11.3 Å². The van der Waals surface area contributed by atoms with E-state index in [1.165, 1.54) is 10.4 Å². The van der Waals surface area contributed by atoms with Crippen LogP contribution in [0.4, 0.5) is 5.69 Å². The number of amides is 2. The Morgan fingerprint density at radius 3 is 2.76 bits per heavy atom. The van der Waals surface area contributed by atoms with Gasteiger partial charge in [0.1, 0.15) is 11.5 Å². The highest BCUT2D eigenvalue weighted by atomic mass is 32.1. The molecule has 2 N–H and O–H groups in total. The van der Waals surface area contributed by atoms with E-state index in [9.17, 15) is 9.59 Å². The van der Waals surface area contributed by atoms with Crippen molar-refractivity contribution in [1.29, 1.82) is 0 Å². The first-order valence-corrected chi connectivity index (χ1v) is 11.7. The quantitative estimate of drug-likeness (QED) is 0.505. The molecule has 8 heteroatoms. The minimum absolute atomic E-state index is 0.120. The Morgan fingerprint density at radius 1 is 1.09 bits per heavy atom. The minimum Gasteiger partial charge on any atom is -0.497 e. The summed E-state index contributed by atoms with van der Waals surface area (Å²) in [6.45, 7) is 3.27. The van der Waals surface area contributed by atoms with E-state index in [0.29, 0.717) is 29.3 Å². The summed E-state index contributed by atoms with van der Waals surface area (Å²) in [5.74, 6) is 0.783. The van der Waals surface area contributed by atoms with E-state index in [1.54, 1.807) is 55.6 Å². The van der Waals surface area contributed by atoms with Crippen molar-refractivity contribution in [3.8, 4) is 11.5 Å². The van der Waals surface area contributed by atoms with Gasteiger partial charge in [0, 0.05) is 48.4 Å². The number of hydrogen-bond donors (Lipinski definition) is 2. The van der Waals surface area contributed by atoms with Gasteiger partial charge in [-0.15, -0.1) is 11.3 Å². The van der Waals surface area contributed by atoms with Crippen LogP contribution in [0.25, 0.3) is 0 Å². The van der Waals surface area contributed by atoms with Gasteiger partial charge in [-0.25, -0.2) is 0 Å². The zero-order chi connectivity index (χ0) is 23.0. The van der Waals surface area contributed by atoms with E-state index in [4.69, 9.17) is 9.47 Å². The Kier molecular flexibility index (Phi) is 7.59. The molecule has 0 radical (unpaired) electrons. The molecule has 2 amide bonds. The summed E-state index contributed by atoms with van der Waals surface area (Å²) in [4.78, 5) is 28.4. The van der Waals surface area contributed by atoms with E-state index in [2.05, 4.69) is 27.0 Å². The predicted molar refractivity (Wildman–Crippen MR) is 129 cm³/mol. The zero-order valence-corrected chi connectivity index (χ0v) is 19.3. The van der Waals surface area contributed by atoms with Gasteiger partial charge >= 0.3 is 0 Å². The van der Waals surface area contributed by atoms with Crippen molar-refractivity contribution in [3.05, 3.63) is 76.0 Å². The third-order valence-electron chi connectivity index (χ3n) is 5.44. The van der Waals surface area contributed by atoms with Gasteiger partial charge in [0.2, 0.25) is 0 Å². The van der Waals surface area contributed by atoms with Gasteiger partial charge < -0.3 is 20.1 Å². The van der Waals surface area contributed by atoms with Crippen LogP contribution in [0.3, 0.4) is 0 Å². The van der Waals surface area contributed by atoms with Crippen molar-refractivity contribution in [2.24, 2.45) is 0 Å². The standard InChI is InChI=1S/C25H27N3O4S/c1-31-22-4-2-3-20(15-22)27-24(29)17-32-21-7-5-18(6-8-21)25(30)26-11-13-28-12-9-23-19(16-28)10-14-33-23/h2-8,10,14-15H,9,11-13,16-17H2,1H3,(H,26,30)(H,27,29). The van der Waals surface area contributed by atoms with E-state index >= 15 is 0 Å². The highest BCUT2D eigenvalue weighted by Gasteiger charge is 2.17. The highest BCUT2D eigenvalue weighted by Crippen LogP contribution is 2.23. The van der Waals surface area contributed by atoms with Crippen LogP contribution in [-0.2, 0) is 17.8 Å². The molecular weight excluding hydrogens is 438 g/mol. The monoisotopic (exact) mass is 465 g/mol. The van der Waals surface area contributed by atoms with Crippen molar-refractivity contribution in [1.82, 2.24) is 10.2 Å². The highest BCUT2D eigenvalue weighted by molar-refractivity contribution is 7.10. The molecule has 1 aliphatic rings. The lowest BCUT2D eigenvalue weighted by Gasteiger charge is -2.26. The third kappa shape index (κ3) is 6.34. The second kappa shape index (κ2) is 11.0. The van der Waals surface area contributed by atoms with Crippen molar-refractivity contribution >= 4 is 28.8 Å². The molecule has 7 nitrogen and oxygen atoms in total. The number of carbonyl (C=O) groups is 2. The lowest BCUT2D eigenvalue weighted by Crippen LogP contribution is -2.37. The minimum atomic E-state index is -0.280. The predicted octanol–water partition coefficient (Wildman–Crippen LogP) is 3.56. The molecule has 33 heavy (non-hydrogen) atoms. The lowest BCUT2D eigenvalue weighted by atomic mass is 10.1. The number of rotatable bonds is 9. The number of methoxy groups -OCH3 is 1. The third-order valence-corrected chi connectivity index (χ3v) is 6.46. The van der Waals surface area contributed by atoms with E-state index < -0.39 is 0 Å². The summed E-state index contributed by atoms with van der Waals surface area (Å²) in [5.41, 5.74) is 2.60. The maximum Gasteiger partial charge on any atom is 0.262 e. The van der Waals surface area contributed by atoms with Gasteiger partial charge in [-0.1, -0.05) is 6.07 Å². The first-order valence-electron chi connectivity index (χ1n) is 10.8. The Labute approximate surface area is 197 Å². The first kappa shape index (κ1) is 22.8. The van der Waals surface area contributed by atoms with Crippen molar-refractivity contribution in [2.75, 3.05) is 38.7 Å². The molecule has 0 atom stereocenters. The molecule has 0 saturated heterocycles. The largest absolute Gasteiger partial charge is 0.497 e. The Hall–Kier alpha value is -3.36. The summed E-state index contributed by atoms with van der Waals surface area (Å²) in [7, 11) is 1.57. The van der Waals surface area contributed by atoms with Crippen LogP contribution in [0, 0.1) is 0 Å². The molecule has 3 aromatic rings. The topological polar surface area (TPSA) is 79.9 Å². The second-order valence-corrected chi connectivity index (χ2v) is 8.74. The van der Waals surface area contributed by atoms with Gasteiger partial charge in [-0.05, 0) is 59.8 Å². The van der Waals surface area contributed by atoms with Crippen molar-refractivity contribution in [2.45, 2.75) is 13.0 Å². The Balaban J connectivity index is 1.18.